The fourth-order valence-electron chi connectivity index (χ4n) is 4.90. The van der Waals surface area contributed by atoms with Crippen molar-refractivity contribution in [3.05, 3.63) is 76.4 Å². The smallest absolute Gasteiger partial charge is 0.320 e. The minimum atomic E-state index is -1.06. The van der Waals surface area contributed by atoms with Gasteiger partial charge in [0.05, 0.1) is 24.5 Å². The van der Waals surface area contributed by atoms with E-state index in [9.17, 15) is 14.9 Å². The quantitative estimate of drug-likeness (QED) is 0.136. The molecule has 5 rings (SSSR count). The van der Waals surface area contributed by atoms with Gasteiger partial charge in [-0.2, -0.15) is 5.26 Å². The summed E-state index contributed by atoms with van der Waals surface area (Å²) in [5, 5.41) is 14.6. The average molecular weight is 584 g/mol. The van der Waals surface area contributed by atoms with Crippen molar-refractivity contribution in [1.82, 2.24) is 9.55 Å². The molecule has 0 saturated carbocycles. The number of hydrogen-bond acceptors (Lipinski definition) is 8. The second kappa shape index (κ2) is 11.8. The van der Waals surface area contributed by atoms with Crippen molar-refractivity contribution in [2.75, 3.05) is 13.2 Å². The summed E-state index contributed by atoms with van der Waals surface area (Å²) in [6.45, 7) is 10.7. The number of benzene rings is 2. The zero-order valence-corrected chi connectivity index (χ0v) is 25.2. The van der Waals surface area contributed by atoms with Crippen molar-refractivity contribution < 1.29 is 23.5 Å². The number of carbonyl (C=O) groups is 2. The van der Waals surface area contributed by atoms with Crippen LogP contribution in [0.15, 0.2) is 58.5 Å². The minimum absolute atomic E-state index is 0.0278. The lowest BCUT2D eigenvalue weighted by Gasteiger charge is -2.14. The maximum absolute atomic E-state index is 12.5. The van der Waals surface area contributed by atoms with Gasteiger partial charge in [-0.05, 0) is 61.7 Å². The van der Waals surface area contributed by atoms with E-state index >= 15 is 0 Å². The number of nitriles is 1. The van der Waals surface area contributed by atoms with E-state index in [-0.39, 0.29) is 25.0 Å². The lowest BCUT2D eigenvalue weighted by molar-refractivity contribution is -0.161. The summed E-state index contributed by atoms with van der Waals surface area (Å²) in [5.41, 5.74) is 4.99. The number of nitrogens with zero attached hydrogens (tertiary/aromatic N) is 3. The summed E-state index contributed by atoms with van der Waals surface area (Å²) in [6, 6.07) is 16.0. The van der Waals surface area contributed by atoms with Gasteiger partial charge in [-0.1, -0.05) is 32.9 Å². The number of thiazole rings is 1. The summed E-state index contributed by atoms with van der Waals surface area (Å²) < 4.78 is 18.4. The Balaban J connectivity index is 1.41. The Bertz CT molecular complexity index is 1800. The van der Waals surface area contributed by atoms with Crippen LogP contribution in [0.5, 0.6) is 0 Å². The van der Waals surface area contributed by atoms with Gasteiger partial charge in [0.2, 0.25) is 0 Å². The SMILES string of the molecule is CCOC(=O)C(Cc1ccc2c(c1)c(C#N)cn2Cc1ccc2oc(-c3nc(C(C)(C)C)cs3)cc2c1)C(=O)OCC. The van der Waals surface area contributed by atoms with Gasteiger partial charge in [0.15, 0.2) is 16.7 Å². The van der Waals surface area contributed by atoms with Crippen molar-refractivity contribution in [3.63, 3.8) is 0 Å². The summed E-state index contributed by atoms with van der Waals surface area (Å²) in [4.78, 5) is 29.8. The lowest BCUT2D eigenvalue weighted by Crippen LogP contribution is -2.30. The van der Waals surface area contributed by atoms with Gasteiger partial charge in [0.25, 0.3) is 0 Å². The van der Waals surface area contributed by atoms with Gasteiger partial charge in [0, 0.05) is 39.8 Å². The summed E-state index contributed by atoms with van der Waals surface area (Å²) in [6.07, 6.45) is 1.96. The monoisotopic (exact) mass is 583 g/mol. The topological polar surface area (TPSA) is 107 Å². The van der Waals surface area contributed by atoms with E-state index in [0.29, 0.717) is 12.1 Å². The van der Waals surface area contributed by atoms with Gasteiger partial charge in [-0.15, -0.1) is 11.3 Å². The molecule has 216 valence electrons. The molecule has 9 heteroatoms. The van der Waals surface area contributed by atoms with Crippen molar-refractivity contribution in [2.45, 2.75) is 53.0 Å². The van der Waals surface area contributed by atoms with Gasteiger partial charge < -0.3 is 18.5 Å². The first-order chi connectivity index (χ1) is 20.1. The van der Waals surface area contributed by atoms with Crippen LogP contribution in [0.1, 0.15) is 57.0 Å². The molecule has 0 fully saturated rings. The summed E-state index contributed by atoms with van der Waals surface area (Å²) >= 11 is 1.58. The Kier molecular flexibility index (Phi) is 8.19. The normalized spacial score (nSPS) is 11.7. The van der Waals surface area contributed by atoms with Crippen LogP contribution in [-0.2, 0) is 37.4 Å². The number of ether oxygens (including phenoxy) is 2. The van der Waals surface area contributed by atoms with Gasteiger partial charge >= 0.3 is 11.9 Å². The van der Waals surface area contributed by atoms with Crippen molar-refractivity contribution in [2.24, 2.45) is 5.92 Å². The molecule has 0 atom stereocenters. The third kappa shape index (κ3) is 5.95. The highest BCUT2D eigenvalue weighted by Crippen LogP contribution is 2.34. The van der Waals surface area contributed by atoms with E-state index in [2.05, 4.69) is 38.3 Å². The van der Waals surface area contributed by atoms with E-state index < -0.39 is 17.9 Å². The van der Waals surface area contributed by atoms with E-state index in [1.807, 2.05) is 47.2 Å². The summed E-state index contributed by atoms with van der Waals surface area (Å²) in [5.74, 6) is -1.55. The first-order valence-electron chi connectivity index (χ1n) is 13.9. The molecule has 0 amide bonds. The highest BCUT2D eigenvalue weighted by atomic mass is 32.1. The number of aromatic nitrogens is 2. The van der Waals surface area contributed by atoms with Crippen molar-refractivity contribution >= 4 is 45.1 Å². The molecule has 0 N–H and O–H groups in total. The number of fused-ring (bicyclic) bond motifs is 2. The third-order valence-corrected chi connectivity index (χ3v) is 7.92. The number of esters is 2. The van der Waals surface area contributed by atoms with Crippen LogP contribution >= 0.6 is 11.3 Å². The number of carbonyl (C=O) groups excluding carboxylic acids is 2. The molecule has 0 radical (unpaired) electrons. The number of rotatable bonds is 9. The van der Waals surface area contributed by atoms with E-state index in [0.717, 1.165) is 49.5 Å². The maximum Gasteiger partial charge on any atom is 0.320 e. The second-order valence-electron chi connectivity index (χ2n) is 11.2. The minimum Gasteiger partial charge on any atom is -0.465 e. The maximum atomic E-state index is 12.5. The van der Waals surface area contributed by atoms with Crippen LogP contribution in [0, 0.1) is 17.2 Å². The Morgan fingerprint density at radius 3 is 2.40 bits per heavy atom. The predicted octanol–water partition coefficient (Wildman–Crippen LogP) is 7.01. The third-order valence-electron chi connectivity index (χ3n) is 7.07. The highest BCUT2D eigenvalue weighted by molar-refractivity contribution is 7.13. The molecule has 8 nitrogen and oxygen atoms in total. The lowest BCUT2D eigenvalue weighted by atomic mass is 9.93. The van der Waals surface area contributed by atoms with Gasteiger partial charge in [-0.25, -0.2) is 4.98 Å². The molecular weight excluding hydrogens is 550 g/mol. The molecule has 3 aromatic heterocycles. The first-order valence-corrected chi connectivity index (χ1v) is 14.8. The zero-order chi connectivity index (χ0) is 30.0. The molecule has 0 aliphatic heterocycles. The first kappa shape index (κ1) is 29.1. The van der Waals surface area contributed by atoms with Crippen LogP contribution in [0.4, 0.5) is 0 Å². The Labute approximate surface area is 248 Å². The van der Waals surface area contributed by atoms with Crippen LogP contribution in [0.2, 0.25) is 0 Å². The molecule has 0 spiro atoms. The second-order valence-corrected chi connectivity index (χ2v) is 12.0. The van der Waals surface area contributed by atoms with E-state index in [1.165, 1.54) is 0 Å². The number of furan rings is 1. The number of hydrogen-bond donors (Lipinski definition) is 0. The van der Waals surface area contributed by atoms with Gasteiger partial charge in [-0.3, -0.25) is 9.59 Å². The fraction of sp³-hybridized carbons (Fsp3) is 0.333. The average Bonchev–Trinajstić information content (AvgIpc) is 3.68. The molecule has 2 aromatic carbocycles. The van der Waals surface area contributed by atoms with E-state index in [4.69, 9.17) is 18.9 Å². The molecule has 42 heavy (non-hydrogen) atoms. The molecule has 0 aliphatic carbocycles. The molecular formula is C33H33N3O5S. The molecule has 0 bridgehead atoms. The van der Waals surface area contributed by atoms with Crippen LogP contribution in [0.25, 0.3) is 32.6 Å². The van der Waals surface area contributed by atoms with Crippen LogP contribution < -0.4 is 0 Å². The molecule has 0 unspecified atom stereocenters. The predicted molar refractivity (Wildman–Crippen MR) is 162 cm³/mol. The van der Waals surface area contributed by atoms with Gasteiger partial charge in [0.1, 0.15) is 11.7 Å². The Morgan fingerprint density at radius 2 is 1.76 bits per heavy atom. The molecule has 0 saturated heterocycles. The summed E-state index contributed by atoms with van der Waals surface area (Å²) in [7, 11) is 0. The van der Waals surface area contributed by atoms with Crippen molar-refractivity contribution in [1.29, 1.82) is 5.26 Å². The fourth-order valence-corrected chi connectivity index (χ4v) is 5.90. The molecule has 3 heterocycles. The Morgan fingerprint density at radius 1 is 1.05 bits per heavy atom. The van der Waals surface area contributed by atoms with Crippen molar-refractivity contribution in [3.8, 4) is 16.8 Å². The standard InChI is InChI=1S/C33H33N3O5S/c1-6-39-31(37)25(32(38)40-7-2)14-20-8-10-26-24(13-20)23(16-34)18-36(26)17-21-9-11-27-22(12-21)15-28(41-27)30-35-29(19-42-30)33(3,4)5/h8-13,15,18-19,25H,6-7,14,17H2,1-5H3. The van der Waals surface area contributed by atoms with Crippen LogP contribution in [-0.4, -0.2) is 34.7 Å². The van der Waals surface area contributed by atoms with E-state index in [1.54, 1.807) is 25.2 Å². The Hall–Kier alpha value is -4.42. The van der Waals surface area contributed by atoms with Crippen LogP contribution in [0.3, 0.4) is 0 Å². The highest BCUT2D eigenvalue weighted by Gasteiger charge is 2.30. The largest absolute Gasteiger partial charge is 0.465 e. The zero-order valence-electron chi connectivity index (χ0n) is 24.4. The molecule has 5 aromatic rings. The molecule has 0 aliphatic rings.